The predicted octanol–water partition coefficient (Wildman–Crippen LogP) is 4.48. The van der Waals surface area contributed by atoms with Gasteiger partial charge in [-0.2, -0.15) is 0 Å². The van der Waals surface area contributed by atoms with E-state index in [-0.39, 0.29) is 11.7 Å². The zero-order valence-corrected chi connectivity index (χ0v) is 20.7. The number of amides is 1. The second kappa shape index (κ2) is 11.8. The van der Waals surface area contributed by atoms with E-state index in [0.717, 1.165) is 35.8 Å². The third kappa shape index (κ3) is 6.09. The molecule has 7 nitrogen and oxygen atoms in total. The van der Waals surface area contributed by atoms with Gasteiger partial charge in [0.15, 0.2) is 0 Å². The molecule has 2 aromatic heterocycles. The van der Waals surface area contributed by atoms with Gasteiger partial charge in [0.1, 0.15) is 11.6 Å². The van der Waals surface area contributed by atoms with Crippen LogP contribution in [-0.2, 0) is 11.2 Å². The van der Waals surface area contributed by atoms with E-state index >= 15 is 0 Å². The van der Waals surface area contributed by atoms with E-state index in [2.05, 4.69) is 14.9 Å². The highest BCUT2D eigenvalue weighted by Crippen LogP contribution is 2.38. The Morgan fingerprint density at radius 2 is 2.09 bits per heavy atom. The zero-order valence-electron chi connectivity index (χ0n) is 19.9. The molecule has 1 aliphatic heterocycles. The molecule has 0 unspecified atom stereocenters. The van der Waals surface area contributed by atoms with Crippen LogP contribution in [0.3, 0.4) is 0 Å². The summed E-state index contributed by atoms with van der Waals surface area (Å²) in [7, 11) is 1.58. The number of likely N-dealkylation sites (tertiary alicyclic amines) is 1. The van der Waals surface area contributed by atoms with Crippen LogP contribution >= 0.6 is 11.8 Å². The summed E-state index contributed by atoms with van der Waals surface area (Å²) < 4.78 is 20.0. The van der Waals surface area contributed by atoms with Crippen molar-refractivity contribution in [3.63, 3.8) is 0 Å². The molecule has 0 aliphatic carbocycles. The van der Waals surface area contributed by atoms with E-state index in [1.54, 1.807) is 37.2 Å². The highest BCUT2D eigenvalue weighted by Gasteiger charge is 2.40. The van der Waals surface area contributed by atoms with Gasteiger partial charge < -0.3 is 9.64 Å². The Labute approximate surface area is 209 Å². The van der Waals surface area contributed by atoms with Crippen LogP contribution < -0.4 is 10.2 Å². The molecular weight excluding hydrogens is 467 g/mol. The van der Waals surface area contributed by atoms with Gasteiger partial charge >= 0.3 is 0 Å². The standard InChI is InChI=1S/C26H31FN4O3S/c1-34-19-7-8-23-21(17-19)20(22(27)18-29-23)5-4-9-26(25(32)30-33)10-13-31(14-11-26)15-16-35-24-6-2-3-12-28-24/h2-3,6-8,12,17-18,33H,4-5,9-11,13-16H2,1H3,(H,30,32). The average molecular weight is 499 g/mol. The minimum Gasteiger partial charge on any atom is -0.497 e. The lowest BCUT2D eigenvalue weighted by Gasteiger charge is -2.40. The minimum atomic E-state index is -0.656. The van der Waals surface area contributed by atoms with Crippen LogP contribution in [0.4, 0.5) is 4.39 Å². The molecule has 1 aromatic carbocycles. The number of hydrogen-bond donors (Lipinski definition) is 2. The van der Waals surface area contributed by atoms with Gasteiger partial charge in [0, 0.05) is 23.9 Å². The van der Waals surface area contributed by atoms with Gasteiger partial charge in [-0.25, -0.2) is 14.9 Å². The second-order valence-corrected chi connectivity index (χ2v) is 10.0. The second-order valence-electron chi connectivity index (χ2n) is 8.90. The first-order chi connectivity index (χ1) is 17.0. The summed E-state index contributed by atoms with van der Waals surface area (Å²) in [6.45, 7) is 2.47. The quantitative estimate of drug-likeness (QED) is 0.242. The van der Waals surface area contributed by atoms with E-state index < -0.39 is 5.41 Å². The van der Waals surface area contributed by atoms with Gasteiger partial charge in [0.05, 0.1) is 29.3 Å². The molecule has 0 radical (unpaired) electrons. The molecule has 35 heavy (non-hydrogen) atoms. The minimum absolute atomic E-state index is 0.346. The number of carbonyl (C=O) groups is 1. The number of ether oxygens (including phenoxy) is 1. The first-order valence-electron chi connectivity index (χ1n) is 11.9. The van der Waals surface area contributed by atoms with Crippen molar-refractivity contribution in [3.8, 4) is 5.75 Å². The van der Waals surface area contributed by atoms with Crippen molar-refractivity contribution in [2.75, 3.05) is 32.5 Å². The lowest BCUT2D eigenvalue weighted by Crippen LogP contribution is -2.48. The number of aryl methyl sites for hydroxylation is 1. The average Bonchev–Trinajstić information content (AvgIpc) is 2.90. The summed E-state index contributed by atoms with van der Waals surface area (Å²) in [5.74, 6) is 0.873. The van der Waals surface area contributed by atoms with Crippen LogP contribution in [-0.4, -0.2) is 58.5 Å². The number of carbonyl (C=O) groups excluding carboxylic acids is 1. The zero-order chi connectivity index (χ0) is 24.7. The molecule has 1 amide bonds. The molecule has 0 spiro atoms. The molecule has 1 fully saturated rings. The summed E-state index contributed by atoms with van der Waals surface area (Å²) >= 11 is 1.72. The molecule has 1 saturated heterocycles. The van der Waals surface area contributed by atoms with Crippen molar-refractivity contribution >= 4 is 28.6 Å². The van der Waals surface area contributed by atoms with Crippen molar-refractivity contribution in [2.24, 2.45) is 5.41 Å². The number of rotatable bonds is 10. The number of nitrogens with zero attached hydrogens (tertiary/aromatic N) is 3. The van der Waals surface area contributed by atoms with Gasteiger partial charge in [-0.05, 0) is 81.1 Å². The number of fused-ring (bicyclic) bond motifs is 1. The van der Waals surface area contributed by atoms with Crippen LogP contribution in [0.2, 0.25) is 0 Å². The molecule has 3 aromatic rings. The maximum absolute atomic E-state index is 14.7. The SMILES string of the molecule is COc1ccc2ncc(F)c(CCCC3(C(=O)NO)CCN(CCSc4ccccn4)CC3)c2c1. The van der Waals surface area contributed by atoms with Crippen LogP contribution in [0, 0.1) is 11.2 Å². The smallest absolute Gasteiger partial charge is 0.249 e. The monoisotopic (exact) mass is 498 g/mol. The normalized spacial score (nSPS) is 15.7. The Hall–Kier alpha value is -2.75. The fraction of sp³-hybridized carbons (Fsp3) is 0.423. The fourth-order valence-corrected chi connectivity index (χ4v) is 5.68. The molecule has 1 aliphatic rings. The molecular formula is C26H31FN4O3S. The van der Waals surface area contributed by atoms with Crippen molar-refractivity contribution in [1.29, 1.82) is 0 Å². The maximum Gasteiger partial charge on any atom is 0.249 e. The first kappa shape index (κ1) is 25.3. The fourth-order valence-electron chi connectivity index (χ4n) is 4.81. The van der Waals surface area contributed by atoms with Gasteiger partial charge in [0.2, 0.25) is 5.91 Å². The molecule has 2 N–H and O–H groups in total. The summed E-state index contributed by atoms with van der Waals surface area (Å²) in [6, 6.07) is 11.3. The lowest BCUT2D eigenvalue weighted by molar-refractivity contribution is -0.143. The third-order valence-electron chi connectivity index (χ3n) is 6.91. The van der Waals surface area contributed by atoms with Gasteiger partial charge in [-0.1, -0.05) is 6.07 Å². The van der Waals surface area contributed by atoms with E-state index in [1.165, 1.54) is 6.20 Å². The first-order valence-corrected chi connectivity index (χ1v) is 12.8. The largest absolute Gasteiger partial charge is 0.497 e. The summed E-state index contributed by atoms with van der Waals surface area (Å²) in [5.41, 5.74) is 2.52. The molecule has 4 rings (SSSR count). The van der Waals surface area contributed by atoms with Crippen LogP contribution in [0.25, 0.3) is 10.9 Å². The summed E-state index contributed by atoms with van der Waals surface area (Å²) in [5, 5.41) is 11.2. The molecule has 0 bridgehead atoms. The molecule has 0 atom stereocenters. The summed E-state index contributed by atoms with van der Waals surface area (Å²) in [4.78, 5) is 23.6. The van der Waals surface area contributed by atoms with Crippen LogP contribution in [0.5, 0.6) is 5.75 Å². The van der Waals surface area contributed by atoms with E-state index in [9.17, 15) is 14.4 Å². The number of nitrogens with one attached hydrogen (secondary N) is 1. The van der Waals surface area contributed by atoms with Crippen molar-refractivity contribution in [2.45, 2.75) is 37.1 Å². The molecule has 3 heterocycles. The van der Waals surface area contributed by atoms with Crippen molar-refractivity contribution < 1.29 is 19.1 Å². The number of pyridine rings is 2. The third-order valence-corrected chi connectivity index (χ3v) is 7.83. The number of thioether (sulfide) groups is 1. The number of hydrogen-bond acceptors (Lipinski definition) is 7. The Bertz CT molecular complexity index is 1140. The van der Waals surface area contributed by atoms with Crippen LogP contribution in [0.1, 0.15) is 31.2 Å². The Morgan fingerprint density at radius 3 is 2.80 bits per heavy atom. The van der Waals surface area contributed by atoms with Gasteiger partial charge in [0.25, 0.3) is 0 Å². The summed E-state index contributed by atoms with van der Waals surface area (Å²) in [6.07, 6.45) is 6.02. The molecule has 186 valence electrons. The number of hydroxylamine groups is 1. The number of aromatic nitrogens is 2. The number of piperidine rings is 1. The number of benzene rings is 1. The Morgan fingerprint density at radius 1 is 1.26 bits per heavy atom. The maximum atomic E-state index is 14.7. The van der Waals surface area contributed by atoms with E-state index in [4.69, 9.17) is 4.74 Å². The topological polar surface area (TPSA) is 87.6 Å². The molecule has 9 heteroatoms. The van der Waals surface area contributed by atoms with Crippen molar-refractivity contribution in [1.82, 2.24) is 20.3 Å². The van der Waals surface area contributed by atoms with Gasteiger partial charge in [-0.3, -0.25) is 15.0 Å². The number of halogens is 1. The van der Waals surface area contributed by atoms with Crippen LogP contribution in [0.15, 0.2) is 53.8 Å². The van der Waals surface area contributed by atoms with E-state index in [0.29, 0.717) is 48.9 Å². The highest BCUT2D eigenvalue weighted by molar-refractivity contribution is 7.99. The van der Waals surface area contributed by atoms with Crippen molar-refractivity contribution in [3.05, 3.63) is 60.2 Å². The lowest BCUT2D eigenvalue weighted by atomic mass is 9.73. The van der Waals surface area contributed by atoms with E-state index in [1.807, 2.05) is 29.7 Å². The molecule has 0 saturated carbocycles. The highest BCUT2D eigenvalue weighted by atomic mass is 32.2. The predicted molar refractivity (Wildman–Crippen MR) is 134 cm³/mol. The number of methoxy groups -OCH3 is 1. The van der Waals surface area contributed by atoms with Gasteiger partial charge in [-0.15, -0.1) is 11.8 Å². The Kier molecular flexibility index (Phi) is 8.54. The Balaban J connectivity index is 1.36.